The molecular weight excluding hydrogens is 364 g/mol. The lowest BCUT2D eigenvalue weighted by atomic mass is 9.79. The van der Waals surface area contributed by atoms with Crippen LogP contribution in [0.3, 0.4) is 0 Å². The van der Waals surface area contributed by atoms with Crippen LogP contribution in [0.2, 0.25) is 0 Å². The molecular formula is C22H28N6O. The number of aromatic nitrogens is 4. The number of anilines is 1. The Kier molecular flexibility index (Phi) is 4.65. The number of benzene rings is 1. The molecule has 29 heavy (non-hydrogen) atoms. The second-order valence-electron chi connectivity index (χ2n) is 9.29. The van der Waals surface area contributed by atoms with E-state index in [4.69, 9.17) is 0 Å². The summed E-state index contributed by atoms with van der Waals surface area (Å²) in [4.78, 5) is 10.4. The van der Waals surface area contributed by atoms with Gasteiger partial charge in [-0.25, -0.2) is 9.97 Å². The van der Waals surface area contributed by atoms with Gasteiger partial charge in [-0.3, -0.25) is 0 Å². The van der Waals surface area contributed by atoms with E-state index in [1.807, 2.05) is 18.2 Å². The highest BCUT2D eigenvalue weighted by Crippen LogP contribution is 2.34. The Morgan fingerprint density at radius 1 is 1.07 bits per heavy atom. The summed E-state index contributed by atoms with van der Waals surface area (Å²) in [5.41, 5.74) is 2.07. The van der Waals surface area contributed by atoms with Crippen LogP contribution in [0.1, 0.15) is 40.5 Å². The average Bonchev–Trinajstić information content (AvgIpc) is 2.64. The zero-order valence-corrected chi connectivity index (χ0v) is 17.6. The SMILES string of the molecule is CN(c1ccc(-c2cc3cncnc3cc2O)nn1)C1CC(C)(C)NC(C)(C)C1. The molecule has 3 aromatic rings. The summed E-state index contributed by atoms with van der Waals surface area (Å²) in [7, 11) is 2.08. The van der Waals surface area contributed by atoms with Gasteiger partial charge in [-0.15, -0.1) is 10.2 Å². The van der Waals surface area contributed by atoms with E-state index in [0.29, 0.717) is 22.8 Å². The molecule has 0 radical (unpaired) electrons. The third-order valence-electron chi connectivity index (χ3n) is 5.63. The van der Waals surface area contributed by atoms with E-state index >= 15 is 0 Å². The first kappa shape index (κ1) is 19.5. The predicted octanol–water partition coefficient (Wildman–Crippen LogP) is 3.54. The number of hydrogen-bond donors (Lipinski definition) is 2. The summed E-state index contributed by atoms with van der Waals surface area (Å²) in [6.07, 6.45) is 5.25. The first-order valence-corrected chi connectivity index (χ1v) is 9.93. The van der Waals surface area contributed by atoms with Gasteiger partial charge in [-0.1, -0.05) is 0 Å². The lowest BCUT2D eigenvalue weighted by Gasteiger charge is -2.49. The molecule has 1 fully saturated rings. The lowest BCUT2D eigenvalue weighted by molar-refractivity contribution is 0.160. The monoisotopic (exact) mass is 392 g/mol. The van der Waals surface area contributed by atoms with Crippen molar-refractivity contribution in [1.82, 2.24) is 25.5 Å². The van der Waals surface area contributed by atoms with E-state index in [0.717, 1.165) is 24.0 Å². The van der Waals surface area contributed by atoms with Gasteiger partial charge in [0.15, 0.2) is 5.82 Å². The molecule has 1 aliphatic heterocycles. The zero-order chi connectivity index (χ0) is 20.8. The van der Waals surface area contributed by atoms with E-state index < -0.39 is 0 Å². The van der Waals surface area contributed by atoms with Crippen LogP contribution in [0.4, 0.5) is 5.82 Å². The molecule has 7 heteroatoms. The van der Waals surface area contributed by atoms with Crippen LogP contribution in [0.5, 0.6) is 5.75 Å². The number of piperidine rings is 1. The second-order valence-corrected chi connectivity index (χ2v) is 9.29. The lowest BCUT2D eigenvalue weighted by Crippen LogP contribution is -2.62. The molecule has 0 spiro atoms. The van der Waals surface area contributed by atoms with E-state index in [1.54, 1.807) is 12.3 Å². The maximum Gasteiger partial charge on any atom is 0.151 e. The van der Waals surface area contributed by atoms with Gasteiger partial charge in [0.25, 0.3) is 0 Å². The fraction of sp³-hybridized carbons (Fsp3) is 0.455. The van der Waals surface area contributed by atoms with Crippen molar-refractivity contribution in [2.24, 2.45) is 0 Å². The van der Waals surface area contributed by atoms with Crippen molar-refractivity contribution >= 4 is 16.7 Å². The van der Waals surface area contributed by atoms with Crippen molar-refractivity contribution in [2.45, 2.75) is 57.7 Å². The minimum absolute atomic E-state index is 0.0625. The number of fused-ring (bicyclic) bond motifs is 1. The highest BCUT2D eigenvalue weighted by Gasteiger charge is 2.39. The Labute approximate surface area is 171 Å². The molecule has 1 saturated heterocycles. The van der Waals surface area contributed by atoms with Crippen LogP contribution in [0.25, 0.3) is 22.2 Å². The standard InChI is InChI=1S/C22H28N6O/c1-21(2)10-15(11-22(3,4)27-21)28(5)20-7-6-17(25-26-20)16-8-14-12-23-13-24-18(14)9-19(16)29/h6-9,12-13,15,27,29H,10-11H2,1-5H3. The Hall–Kier alpha value is -2.80. The van der Waals surface area contributed by atoms with Crippen LogP contribution >= 0.6 is 0 Å². The molecule has 1 aromatic carbocycles. The maximum atomic E-state index is 10.4. The van der Waals surface area contributed by atoms with Gasteiger partial charge < -0.3 is 15.3 Å². The quantitative estimate of drug-likeness (QED) is 0.705. The molecule has 1 aliphatic rings. The number of nitrogens with zero attached hydrogens (tertiary/aromatic N) is 5. The van der Waals surface area contributed by atoms with Gasteiger partial charge in [0, 0.05) is 47.4 Å². The van der Waals surface area contributed by atoms with Gasteiger partial charge in [0.1, 0.15) is 12.1 Å². The fourth-order valence-electron chi connectivity index (χ4n) is 4.61. The Bertz CT molecular complexity index is 1020. The number of aromatic hydroxyl groups is 1. The number of hydrogen-bond acceptors (Lipinski definition) is 7. The molecule has 4 rings (SSSR count). The van der Waals surface area contributed by atoms with Crippen molar-refractivity contribution in [2.75, 3.05) is 11.9 Å². The summed E-state index contributed by atoms with van der Waals surface area (Å²) >= 11 is 0. The summed E-state index contributed by atoms with van der Waals surface area (Å²) in [6, 6.07) is 7.71. The maximum absolute atomic E-state index is 10.4. The van der Waals surface area contributed by atoms with Gasteiger partial charge in [0.2, 0.25) is 0 Å². The highest BCUT2D eigenvalue weighted by atomic mass is 16.3. The normalized spacial score (nSPS) is 18.7. The first-order valence-electron chi connectivity index (χ1n) is 9.93. The topological polar surface area (TPSA) is 87.1 Å². The van der Waals surface area contributed by atoms with Crippen LogP contribution < -0.4 is 10.2 Å². The van der Waals surface area contributed by atoms with Crippen molar-refractivity contribution in [3.8, 4) is 17.0 Å². The number of rotatable bonds is 3. The summed E-state index contributed by atoms with van der Waals surface area (Å²) in [5, 5.41) is 23.8. The van der Waals surface area contributed by atoms with Crippen molar-refractivity contribution < 1.29 is 5.11 Å². The Morgan fingerprint density at radius 2 is 1.79 bits per heavy atom. The predicted molar refractivity (Wildman–Crippen MR) is 115 cm³/mol. The number of nitrogens with one attached hydrogen (secondary N) is 1. The Balaban J connectivity index is 1.60. The summed E-state index contributed by atoms with van der Waals surface area (Å²) in [6.45, 7) is 8.98. The fourth-order valence-corrected chi connectivity index (χ4v) is 4.61. The minimum Gasteiger partial charge on any atom is -0.507 e. The van der Waals surface area contributed by atoms with Gasteiger partial charge in [0.05, 0.1) is 11.2 Å². The molecule has 0 atom stereocenters. The molecule has 0 aliphatic carbocycles. The largest absolute Gasteiger partial charge is 0.507 e. The average molecular weight is 393 g/mol. The Morgan fingerprint density at radius 3 is 2.45 bits per heavy atom. The van der Waals surface area contributed by atoms with Crippen LogP contribution in [0, 0.1) is 0 Å². The molecule has 152 valence electrons. The van der Waals surface area contributed by atoms with Crippen molar-refractivity contribution in [1.29, 1.82) is 0 Å². The molecule has 0 amide bonds. The first-order chi connectivity index (χ1) is 13.6. The van der Waals surface area contributed by atoms with Gasteiger partial charge in [-0.05, 0) is 58.7 Å². The molecule has 0 unspecified atom stereocenters. The number of phenolic OH excluding ortho intramolecular Hbond substituents is 1. The zero-order valence-electron chi connectivity index (χ0n) is 17.6. The smallest absolute Gasteiger partial charge is 0.151 e. The number of phenols is 1. The molecule has 0 saturated carbocycles. The molecule has 3 heterocycles. The van der Waals surface area contributed by atoms with Gasteiger partial charge >= 0.3 is 0 Å². The van der Waals surface area contributed by atoms with E-state index in [1.165, 1.54) is 6.33 Å². The molecule has 2 aromatic heterocycles. The van der Waals surface area contributed by atoms with Crippen LogP contribution in [-0.2, 0) is 0 Å². The van der Waals surface area contributed by atoms with Crippen LogP contribution in [-0.4, -0.2) is 49.4 Å². The second kappa shape index (κ2) is 6.91. The van der Waals surface area contributed by atoms with E-state index in [2.05, 4.69) is 65.1 Å². The third kappa shape index (κ3) is 4.00. The minimum atomic E-state index is 0.0625. The van der Waals surface area contributed by atoms with E-state index in [-0.39, 0.29) is 16.8 Å². The van der Waals surface area contributed by atoms with Crippen molar-refractivity contribution in [3.63, 3.8) is 0 Å². The van der Waals surface area contributed by atoms with E-state index in [9.17, 15) is 5.11 Å². The summed E-state index contributed by atoms with van der Waals surface area (Å²) < 4.78 is 0. The third-order valence-corrected chi connectivity index (χ3v) is 5.63. The van der Waals surface area contributed by atoms with Crippen LogP contribution in [0.15, 0.2) is 36.8 Å². The molecule has 7 nitrogen and oxygen atoms in total. The van der Waals surface area contributed by atoms with Gasteiger partial charge in [-0.2, -0.15) is 0 Å². The van der Waals surface area contributed by atoms with Crippen molar-refractivity contribution in [3.05, 3.63) is 36.8 Å². The summed E-state index contributed by atoms with van der Waals surface area (Å²) in [5.74, 6) is 0.962. The molecule has 0 bridgehead atoms. The molecule has 2 N–H and O–H groups in total. The highest BCUT2D eigenvalue weighted by molar-refractivity contribution is 5.86.